The first kappa shape index (κ1) is 17.1. The summed E-state index contributed by atoms with van der Waals surface area (Å²) >= 11 is 4.84. The average Bonchev–Trinajstić information content (AvgIpc) is 2.33. The standard InChI is InChI=1S/C14H22N2O2S2/c1-11(2)10-16(8-7-14(15)19)20(17,18)13-6-4-5-12(3)9-13/h4-6,9,11H,7-8,10H2,1-3H3,(H2,15,19). The minimum atomic E-state index is -3.50. The lowest BCUT2D eigenvalue weighted by molar-refractivity contribution is 0.374. The van der Waals surface area contributed by atoms with Gasteiger partial charge >= 0.3 is 0 Å². The van der Waals surface area contributed by atoms with Gasteiger partial charge in [0.25, 0.3) is 0 Å². The summed E-state index contributed by atoms with van der Waals surface area (Å²) in [6, 6.07) is 6.93. The maximum Gasteiger partial charge on any atom is 0.243 e. The van der Waals surface area contributed by atoms with Crippen molar-refractivity contribution in [1.29, 1.82) is 0 Å². The molecule has 2 N–H and O–H groups in total. The smallest absolute Gasteiger partial charge is 0.243 e. The normalized spacial score (nSPS) is 12.1. The van der Waals surface area contributed by atoms with E-state index in [9.17, 15) is 8.42 Å². The zero-order valence-corrected chi connectivity index (χ0v) is 13.8. The highest BCUT2D eigenvalue weighted by Crippen LogP contribution is 2.18. The number of hydrogen-bond acceptors (Lipinski definition) is 3. The van der Waals surface area contributed by atoms with Gasteiger partial charge in [-0.15, -0.1) is 0 Å². The monoisotopic (exact) mass is 314 g/mol. The van der Waals surface area contributed by atoms with E-state index in [-0.39, 0.29) is 5.92 Å². The van der Waals surface area contributed by atoms with Crippen LogP contribution < -0.4 is 5.73 Å². The van der Waals surface area contributed by atoms with Crippen molar-refractivity contribution in [3.63, 3.8) is 0 Å². The van der Waals surface area contributed by atoms with E-state index in [1.54, 1.807) is 18.2 Å². The maximum atomic E-state index is 12.7. The summed E-state index contributed by atoms with van der Waals surface area (Å²) in [7, 11) is -3.50. The van der Waals surface area contributed by atoms with Crippen molar-refractivity contribution in [2.24, 2.45) is 11.7 Å². The first-order chi connectivity index (χ1) is 9.23. The molecule has 1 aromatic rings. The van der Waals surface area contributed by atoms with Crippen molar-refractivity contribution in [1.82, 2.24) is 4.31 Å². The molecule has 1 aromatic carbocycles. The van der Waals surface area contributed by atoms with Crippen LogP contribution in [0, 0.1) is 12.8 Å². The Hall–Kier alpha value is -0.980. The number of thiocarbonyl (C=S) groups is 1. The Labute approximate surface area is 127 Å². The highest BCUT2D eigenvalue weighted by molar-refractivity contribution is 7.89. The lowest BCUT2D eigenvalue weighted by Crippen LogP contribution is -2.36. The lowest BCUT2D eigenvalue weighted by atomic mass is 10.2. The molecular weight excluding hydrogens is 292 g/mol. The molecule has 0 radical (unpaired) electrons. The molecule has 0 fully saturated rings. The Kier molecular flexibility index (Phi) is 6.10. The van der Waals surface area contributed by atoms with E-state index in [0.29, 0.717) is 29.4 Å². The molecule has 0 aliphatic carbocycles. The SMILES string of the molecule is Cc1cccc(S(=O)(=O)N(CCC(N)=S)CC(C)C)c1. The van der Waals surface area contributed by atoms with Crippen molar-refractivity contribution in [3.05, 3.63) is 29.8 Å². The van der Waals surface area contributed by atoms with Crippen LogP contribution in [0.3, 0.4) is 0 Å². The van der Waals surface area contributed by atoms with Crippen LogP contribution in [0.2, 0.25) is 0 Å². The molecule has 0 unspecified atom stereocenters. The molecule has 0 aromatic heterocycles. The molecule has 0 amide bonds. The van der Waals surface area contributed by atoms with E-state index in [0.717, 1.165) is 5.56 Å². The largest absolute Gasteiger partial charge is 0.393 e. The topological polar surface area (TPSA) is 63.4 Å². The number of nitrogens with two attached hydrogens (primary N) is 1. The fourth-order valence-electron chi connectivity index (χ4n) is 1.88. The van der Waals surface area contributed by atoms with Gasteiger partial charge in [-0.3, -0.25) is 0 Å². The quantitative estimate of drug-likeness (QED) is 0.785. The van der Waals surface area contributed by atoms with Crippen molar-refractivity contribution in [2.75, 3.05) is 13.1 Å². The second-order valence-corrected chi connectivity index (χ2v) is 7.75. The number of nitrogens with zero attached hydrogens (tertiary/aromatic N) is 1. The van der Waals surface area contributed by atoms with Crippen LogP contribution in [-0.2, 0) is 10.0 Å². The van der Waals surface area contributed by atoms with Crippen molar-refractivity contribution in [2.45, 2.75) is 32.1 Å². The first-order valence-corrected chi connectivity index (χ1v) is 8.43. The molecule has 0 bridgehead atoms. The molecule has 112 valence electrons. The Morgan fingerprint density at radius 3 is 2.55 bits per heavy atom. The van der Waals surface area contributed by atoms with Gasteiger partial charge in [-0.25, -0.2) is 8.42 Å². The van der Waals surface area contributed by atoms with E-state index in [4.69, 9.17) is 18.0 Å². The van der Waals surface area contributed by atoms with Gasteiger partial charge in [0.05, 0.1) is 9.88 Å². The number of rotatable bonds is 7. The van der Waals surface area contributed by atoms with E-state index >= 15 is 0 Å². The van der Waals surface area contributed by atoms with Crippen molar-refractivity contribution in [3.8, 4) is 0 Å². The Morgan fingerprint density at radius 2 is 2.05 bits per heavy atom. The molecule has 1 rings (SSSR count). The number of hydrogen-bond donors (Lipinski definition) is 1. The average molecular weight is 314 g/mol. The van der Waals surface area contributed by atoms with Gasteiger partial charge in [-0.2, -0.15) is 4.31 Å². The zero-order valence-electron chi connectivity index (χ0n) is 12.2. The fourth-order valence-corrected chi connectivity index (χ4v) is 3.68. The van der Waals surface area contributed by atoms with Gasteiger partial charge in [0.15, 0.2) is 0 Å². The number of benzene rings is 1. The summed E-state index contributed by atoms with van der Waals surface area (Å²) in [5.41, 5.74) is 6.41. The van der Waals surface area contributed by atoms with Crippen LogP contribution >= 0.6 is 12.2 Å². The van der Waals surface area contributed by atoms with Crippen molar-refractivity contribution >= 4 is 27.2 Å². The minimum absolute atomic E-state index is 0.237. The molecule has 0 spiro atoms. The predicted molar refractivity (Wildman–Crippen MR) is 86.2 cm³/mol. The van der Waals surface area contributed by atoms with Crippen LogP contribution in [0.25, 0.3) is 0 Å². The number of aryl methyl sites for hydroxylation is 1. The van der Waals surface area contributed by atoms with Crippen LogP contribution in [0.1, 0.15) is 25.8 Å². The van der Waals surface area contributed by atoms with Gasteiger partial charge in [-0.1, -0.05) is 38.2 Å². The summed E-state index contributed by atoms with van der Waals surface area (Å²) in [5.74, 6) is 0.237. The van der Waals surface area contributed by atoms with Crippen molar-refractivity contribution < 1.29 is 8.42 Å². The molecule has 0 aliphatic rings. The molecule has 0 atom stereocenters. The molecule has 4 nitrogen and oxygen atoms in total. The molecule has 0 saturated carbocycles. The first-order valence-electron chi connectivity index (χ1n) is 6.58. The lowest BCUT2D eigenvalue weighted by Gasteiger charge is -2.24. The molecule has 0 heterocycles. The summed E-state index contributed by atoms with van der Waals surface area (Å²) in [4.78, 5) is 0.652. The molecule has 20 heavy (non-hydrogen) atoms. The maximum absolute atomic E-state index is 12.7. The zero-order chi connectivity index (χ0) is 15.3. The Bertz CT molecular complexity index is 568. The second-order valence-electron chi connectivity index (χ2n) is 5.29. The second kappa shape index (κ2) is 7.15. The summed E-state index contributed by atoms with van der Waals surface area (Å²) in [6.07, 6.45) is 0.396. The van der Waals surface area contributed by atoms with Gasteiger partial charge in [-0.05, 0) is 30.5 Å². The number of sulfonamides is 1. The van der Waals surface area contributed by atoms with Crippen LogP contribution in [0.4, 0.5) is 0 Å². The Balaban J connectivity index is 3.06. The van der Waals surface area contributed by atoms with E-state index < -0.39 is 10.0 Å². The predicted octanol–water partition coefficient (Wildman–Crippen LogP) is 2.32. The van der Waals surface area contributed by atoms with E-state index in [1.165, 1.54) is 4.31 Å². The van der Waals surface area contributed by atoms with Gasteiger partial charge in [0.2, 0.25) is 10.0 Å². The van der Waals surface area contributed by atoms with Crippen LogP contribution in [0.15, 0.2) is 29.2 Å². The minimum Gasteiger partial charge on any atom is -0.393 e. The molecule has 6 heteroatoms. The molecule has 0 aliphatic heterocycles. The van der Waals surface area contributed by atoms with Gasteiger partial charge < -0.3 is 5.73 Å². The molecular formula is C14H22N2O2S2. The summed E-state index contributed by atoms with van der Waals surface area (Å²) in [6.45, 7) is 6.63. The van der Waals surface area contributed by atoms with E-state index in [1.807, 2.05) is 26.8 Å². The molecule has 0 saturated heterocycles. The van der Waals surface area contributed by atoms with Gasteiger partial charge in [0, 0.05) is 19.5 Å². The third-order valence-electron chi connectivity index (χ3n) is 2.80. The highest BCUT2D eigenvalue weighted by Gasteiger charge is 2.25. The highest BCUT2D eigenvalue weighted by atomic mass is 32.2. The van der Waals surface area contributed by atoms with Crippen LogP contribution in [-0.4, -0.2) is 30.8 Å². The van der Waals surface area contributed by atoms with Crippen LogP contribution in [0.5, 0.6) is 0 Å². The Morgan fingerprint density at radius 1 is 1.40 bits per heavy atom. The third kappa shape index (κ3) is 4.85. The fraction of sp³-hybridized carbons (Fsp3) is 0.500. The summed E-state index contributed by atoms with van der Waals surface area (Å²) in [5, 5.41) is 0. The van der Waals surface area contributed by atoms with Gasteiger partial charge in [0.1, 0.15) is 0 Å². The van der Waals surface area contributed by atoms with E-state index in [2.05, 4.69) is 0 Å². The summed E-state index contributed by atoms with van der Waals surface area (Å²) < 4.78 is 26.8. The third-order valence-corrected chi connectivity index (χ3v) is 4.87.